The molecule has 0 aliphatic carbocycles. The third-order valence-corrected chi connectivity index (χ3v) is 3.10. The molecule has 0 aliphatic heterocycles. The summed E-state index contributed by atoms with van der Waals surface area (Å²) in [7, 11) is 1.54. The van der Waals surface area contributed by atoms with E-state index >= 15 is 0 Å². The minimum atomic E-state index is -1.43. The van der Waals surface area contributed by atoms with E-state index in [4.69, 9.17) is 20.1 Å². The number of hydrogen-bond acceptors (Lipinski definition) is 5. The monoisotopic (exact) mass is 295 g/mol. The highest BCUT2D eigenvalue weighted by Gasteiger charge is 2.29. The van der Waals surface area contributed by atoms with E-state index in [1.807, 2.05) is 19.1 Å². The van der Waals surface area contributed by atoms with Gasteiger partial charge in [-0.15, -0.1) is 0 Å². The maximum atomic E-state index is 11.8. The van der Waals surface area contributed by atoms with Gasteiger partial charge in [0.15, 0.2) is 0 Å². The maximum Gasteiger partial charge on any atom is 0.244 e. The zero-order chi connectivity index (χ0) is 15.9. The summed E-state index contributed by atoms with van der Waals surface area (Å²) in [4.78, 5) is 11.8. The average molecular weight is 295 g/mol. The molecule has 0 fully saturated rings. The Morgan fingerprint density at radius 2 is 1.90 bits per heavy atom. The number of aliphatic hydroxyl groups excluding tert-OH is 3. The SMILES string of the molecule is COc1ccc(C)cc1/C=C/C(=O)NC(CO)(CO)CO. The molecule has 1 amide bonds. The van der Waals surface area contributed by atoms with Crippen molar-refractivity contribution in [1.29, 1.82) is 0 Å². The number of rotatable bonds is 7. The minimum Gasteiger partial charge on any atom is -0.496 e. The van der Waals surface area contributed by atoms with Gasteiger partial charge in [-0.1, -0.05) is 11.6 Å². The average Bonchev–Trinajstić information content (AvgIpc) is 2.51. The van der Waals surface area contributed by atoms with E-state index in [2.05, 4.69) is 5.32 Å². The number of aryl methyl sites for hydroxylation is 1. The molecule has 0 saturated heterocycles. The predicted molar refractivity (Wildman–Crippen MR) is 78.9 cm³/mol. The molecule has 0 unspecified atom stereocenters. The lowest BCUT2D eigenvalue weighted by molar-refractivity contribution is -0.120. The third-order valence-electron chi connectivity index (χ3n) is 3.10. The molecule has 1 aromatic carbocycles. The molecule has 21 heavy (non-hydrogen) atoms. The van der Waals surface area contributed by atoms with Gasteiger partial charge in [-0.2, -0.15) is 0 Å². The van der Waals surface area contributed by atoms with Crippen LogP contribution < -0.4 is 10.1 Å². The summed E-state index contributed by atoms with van der Waals surface area (Å²) in [6, 6.07) is 5.55. The summed E-state index contributed by atoms with van der Waals surface area (Å²) in [5, 5.41) is 29.8. The van der Waals surface area contributed by atoms with Crippen LogP contribution in [0.3, 0.4) is 0 Å². The molecule has 0 aromatic heterocycles. The van der Waals surface area contributed by atoms with Gasteiger partial charge in [0.1, 0.15) is 11.3 Å². The molecule has 1 rings (SSSR count). The van der Waals surface area contributed by atoms with Gasteiger partial charge >= 0.3 is 0 Å². The van der Waals surface area contributed by atoms with Crippen molar-refractivity contribution in [2.75, 3.05) is 26.9 Å². The first-order valence-electron chi connectivity index (χ1n) is 6.47. The number of hydrogen-bond donors (Lipinski definition) is 4. The Bertz CT molecular complexity index is 501. The lowest BCUT2D eigenvalue weighted by Crippen LogP contribution is -2.56. The van der Waals surface area contributed by atoms with Crippen LogP contribution in [0.15, 0.2) is 24.3 Å². The topological polar surface area (TPSA) is 99.0 Å². The standard InChI is InChI=1S/C15H21NO5/c1-11-3-5-13(21-2)12(7-11)4-6-14(20)16-15(8-17,9-18)10-19/h3-7,17-19H,8-10H2,1-2H3,(H,16,20)/b6-4+. The molecule has 0 bridgehead atoms. The molecule has 4 N–H and O–H groups in total. The number of benzene rings is 1. The Morgan fingerprint density at radius 1 is 1.29 bits per heavy atom. The molecule has 6 heteroatoms. The Balaban J connectivity index is 2.85. The highest BCUT2D eigenvalue weighted by molar-refractivity contribution is 5.92. The molecule has 0 aliphatic rings. The van der Waals surface area contributed by atoms with Crippen molar-refractivity contribution in [3.63, 3.8) is 0 Å². The summed E-state index contributed by atoms with van der Waals surface area (Å²) in [6.45, 7) is 0.235. The van der Waals surface area contributed by atoms with Crippen LogP contribution in [0.5, 0.6) is 5.75 Å². The first kappa shape index (κ1) is 17.2. The van der Waals surface area contributed by atoms with Crippen molar-refractivity contribution < 1.29 is 24.9 Å². The normalized spacial score (nSPS) is 11.7. The second kappa shape index (κ2) is 7.78. The van der Waals surface area contributed by atoms with E-state index in [0.717, 1.165) is 11.1 Å². The highest BCUT2D eigenvalue weighted by Crippen LogP contribution is 2.20. The first-order valence-corrected chi connectivity index (χ1v) is 6.47. The highest BCUT2D eigenvalue weighted by atomic mass is 16.5. The molecule has 0 atom stereocenters. The molecule has 0 heterocycles. The molecule has 0 spiro atoms. The number of amides is 1. The van der Waals surface area contributed by atoms with Crippen molar-refractivity contribution in [2.24, 2.45) is 0 Å². The summed E-state index contributed by atoms with van der Waals surface area (Å²) >= 11 is 0. The van der Waals surface area contributed by atoms with Gasteiger partial charge < -0.3 is 25.4 Å². The van der Waals surface area contributed by atoms with Crippen LogP contribution in [0.1, 0.15) is 11.1 Å². The molecule has 0 saturated carbocycles. The van der Waals surface area contributed by atoms with E-state index in [-0.39, 0.29) is 0 Å². The quantitative estimate of drug-likeness (QED) is 0.524. The van der Waals surface area contributed by atoms with Crippen LogP contribution in [-0.4, -0.2) is 53.7 Å². The van der Waals surface area contributed by atoms with Gasteiger partial charge in [0, 0.05) is 11.6 Å². The molecular weight excluding hydrogens is 274 g/mol. The third kappa shape index (κ3) is 4.56. The number of carbonyl (C=O) groups excluding carboxylic acids is 1. The largest absolute Gasteiger partial charge is 0.496 e. The summed E-state index contributed by atoms with van der Waals surface area (Å²) in [5.74, 6) is 0.0955. The number of ether oxygens (including phenoxy) is 1. The summed E-state index contributed by atoms with van der Waals surface area (Å²) < 4.78 is 5.19. The van der Waals surface area contributed by atoms with Crippen molar-refractivity contribution in [1.82, 2.24) is 5.32 Å². The van der Waals surface area contributed by atoms with Crippen LogP contribution in [0.4, 0.5) is 0 Å². The number of aliphatic hydroxyl groups is 3. The van der Waals surface area contributed by atoms with Crippen LogP contribution in [0.25, 0.3) is 6.08 Å². The van der Waals surface area contributed by atoms with E-state index < -0.39 is 31.3 Å². The fourth-order valence-corrected chi connectivity index (χ4v) is 1.72. The van der Waals surface area contributed by atoms with Gasteiger partial charge in [0.25, 0.3) is 0 Å². The summed E-state index contributed by atoms with van der Waals surface area (Å²) in [5.41, 5.74) is 0.319. The van der Waals surface area contributed by atoms with Crippen LogP contribution in [0.2, 0.25) is 0 Å². The fraction of sp³-hybridized carbons (Fsp3) is 0.400. The first-order chi connectivity index (χ1) is 10.00. The Labute approximate surface area is 123 Å². The molecule has 1 aromatic rings. The van der Waals surface area contributed by atoms with E-state index in [0.29, 0.717) is 5.75 Å². The Kier molecular flexibility index (Phi) is 6.36. The van der Waals surface area contributed by atoms with Gasteiger partial charge in [0.2, 0.25) is 5.91 Å². The fourth-order valence-electron chi connectivity index (χ4n) is 1.72. The smallest absolute Gasteiger partial charge is 0.244 e. The van der Waals surface area contributed by atoms with Crippen LogP contribution >= 0.6 is 0 Å². The Hall–Kier alpha value is -1.89. The van der Waals surface area contributed by atoms with Gasteiger partial charge in [-0.3, -0.25) is 4.79 Å². The second-order valence-electron chi connectivity index (χ2n) is 4.82. The van der Waals surface area contributed by atoms with Crippen molar-refractivity contribution in [3.05, 3.63) is 35.4 Å². The van der Waals surface area contributed by atoms with E-state index in [1.54, 1.807) is 12.1 Å². The maximum absolute atomic E-state index is 11.8. The summed E-state index contributed by atoms with van der Waals surface area (Å²) in [6.07, 6.45) is 2.82. The lowest BCUT2D eigenvalue weighted by Gasteiger charge is -2.27. The van der Waals surface area contributed by atoms with Gasteiger partial charge in [-0.25, -0.2) is 0 Å². The van der Waals surface area contributed by atoms with Crippen molar-refractivity contribution >= 4 is 12.0 Å². The van der Waals surface area contributed by atoms with Crippen LogP contribution in [-0.2, 0) is 4.79 Å². The minimum absolute atomic E-state index is 0.532. The lowest BCUT2D eigenvalue weighted by atomic mass is 10.0. The van der Waals surface area contributed by atoms with E-state index in [9.17, 15) is 4.79 Å². The molecule has 6 nitrogen and oxygen atoms in total. The predicted octanol–water partition coefficient (Wildman–Crippen LogP) is -0.151. The van der Waals surface area contributed by atoms with Crippen LogP contribution in [0, 0.1) is 6.92 Å². The number of carbonyl (C=O) groups is 1. The molecule has 116 valence electrons. The van der Waals surface area contributed by atoms with Gasteiger partial charge in [-0.05, 0) is 25.1 Å². The number of methoxy groups -OCH3 is 1. The second-order valence-corrected chi connectivity index (χ2v) is 4.82. The molecule has 0 radical (unpaired) electrons. The zero-order valence-corrected chi connectivity index (χ0v) is 12.2. The van der Waals surface area contributed by atoms with E-state index in [1.165, 1.54) is 13.2 Å². The Morgan fingerprint density at radius 3 is 2.43 bits per heavy atom. The number of nitrogens with one attached hydrogen (secondary N) is 1. The van der Waals surface area contributed by atoms with Crippen molar-refractivity contribution in [2.45, 2.75) is 12.5 Å². The zero-order valence-electron chi connectivity index (χ0n) is 12.2. The van der Waals surface area contributed by atoms with Crippen molar-refractivity contribution in [3.8, 4) is 5.75 Å². The van der Waals surface area contributed by atoms with Gasteiger partial charge in [0.05, 0.1) is 26.9 Å². The molecular formula is C15H21NO5.